The fourth-order valence-electron chi connectivity index (χ4n) is 19.8. The monoisotopic (exact) mass is 2440 g/mol. The van der Waals surface area contributed by atoms with Crippen LogP contribution in [0.25, 0.3) is 139 Å². The number of aryl methyl sites for hydroxylation is 1. The average molecular weight is 2440 g/mol. The number of rotatable bonds is 19. The summed E-state index contributed by atoms with van der Waals surface area (Å²) in [5, 5.41) is 6.85. The predicted molar refractivity (Wildman–Crippen MR) is 590 cm³/mol. The summed E-state index contributed by atoms with van der Waals surface area (Å²) in [6, 6.07) is 159. The van der Waals surface area contributed by atoms with Crippen molar-refractivity contribution < 1.29 is 67.3 Å². The maximum Gasteiger partial charge on any atom is 0.188 e. The van der Waals surface area contributed by atoms with E-state index in [-0.39, 0.29) is 68.7 Å². The Labute approximate surface area is 898 Å². The fraction of sp³-hybridized carbons (Fsp3) is 0.109. The first-order valence-electron chi connectivity index (χ1n) is 50.2. The molecule has 0 radical (unpaired) electrons. The maximum atomic E-state index is 8.14. The number of para-hydroxylation sites is 13. The smallest absolute Gasteiger partial charge is 0.188 e. The number of fused-ring (bicyclic) bond motifs is 12. The van der Waals surface area contributed by atoms with Crippen LogP contribution in [-0.4, -0.2) is 56.1 Å². The molecule has 0 saturated heterocycles. The van der Waals surface area contributed by atoms with Crippen molar-refractivity contribution in [2.24, 2.45) is 6.98 Å². The molecule has 9 heterocycles. The molecule has 25 rings (SSSR count). The molecule has 0 spiro atoms. The van der Waals surface area contributed by atoms with Gasteiger partial charge in [0.2, 0.25) is 0 Å². The Kier molecular flexibility index (Phi) is 26.7. The van der Waals surface area contributed by atoms with E-state index in [1.165, 1.54) is 37.5 Å². The topological polar surface area (TPSA) is 92.8 Å². The number of anilines is 9. The molecule has 25 aromatic rings. The minimum absolute atomic E-state index is 0. The SMILES string of the molecule is CC(C)c1ccnc(-n2c3[c-]c(N(c4[c-]c(-n5[cH+]n(-c6ccccc6)c6ccccc65)ccc4)c4ccccc4)ccc3c3ccccc32)c1.CC(C)c1ccnc(-n2c3[c-]c(N(c4[c-]c(-n5[cH+]n(C(C)(C)C)c6ccccc65)ccc4)c4ccccc4)ccc3c3ccccc32)c1.[2H]C([2H])([2H])n1[cH+]n(-c2[c-]c(N(c3[c-]c4c(cc3)c3ccccc3n4-c3cc(C(C)C)ccn3)c3ccccc3)ccc2)c2ccccc21.[Pt].[Pt].[Pt]. The van der Waals surface area contributed by atoms with Gasteiger partial charge in [-0.2, -0.15) is 41.0 Å². The first kappa shape index (κ1) is 93.9. The summed E-state index contributed by atoms with van der Waals surface area (Å²) in [5.74, 6) is 3.78. The molecule has 0 unspecified atom stereocenters. The van der Waals surface area contributed by atoms with Crippen molar-refractivity contribution in [2.75, 3.05) is 14.7 Å². The van der Waals surface area contributed by atoms with Crippen LogP contribution in [0, 0.1) is 36.4 Å². The number of pyridine rings is 3. The van der Waals surface area contributed by atoms with Gasteiger partial charge in [0.05, 0.1) is 5.54 Å². The van der Waals surface area contributed by atoms with Crippen LogP contribution < -0.4 is 14.7 Å². The molecule has 146 heavy (non-hydrogen) atoms. The zero-order valence-corrected chi connectivity index (χ0v) is 88.7. The van der Waals surface area contributed by atoms with E-state index in [1.807, 2.05) is 96.0 Å². The minimum Gasteiger partial charge on any atom is -0.358 e. The van der Waals surface area contributed by atoms with Crippen molar-refractivity contribution in [1.82, 2.24) is 56.1 Å². The third-order valence-corrected chi connectivity index (χ3v) is 26.9. The molecule has 0 N–H and O–H groups in total. The van der Waals surface area contributed by atoms with Gasteiger partial charge < -0.3 is 28.4 Å². The minimum atomic E-state index is -2.33. The molecule has 724 valence electrons. The van der Waals surface area contributed by atoms with Crippen LogP contribution in [0.1, 0.15) is 101 Å². The number of benzene rings is 16. The van der Waals surface area contributed by atoms with Gasteiger partial charge in [-0.3, -0.25) is 0 Å². The molecule has 0 fully saturated rings. The van der Waals surface area contributed by atoms with Gasteiger partial charge in [-0.15, -0.1) is 89.0 Å². The number of hydrogen-bond acceptors (Lipinski definition) is 6. The standard InChI is InChI=1S/C45H34N5.C43H38N5.C40H32N5.3Pt/c1-32(2)33-26-27-46-45(28-33)50-41-21-10-9-20-39(41)40-25-24-38(30-44(40)50)49(35-16-7-4-8-17-35)37-19-13-18-36(29-37)48-31-47(34-14-5-3-6-15-34)42-22-11-12-23-43(42)48;1-30(2)31-24-25-44-42(26-31)48-38-19-10-9-18-36(38)37-23-22-35(28-41(37)48)47(32-14-7-6-8-15-32)34-17-13-16-33(27-34)45-29-46(43(3,4)5)40-21-12-11-20-39(40)45;1-28(2)29-22-23-41-40(24-29)45-36-17-8-7-16-34(36)35-21-20-33(26-39(35)45)44(30-12-5-4-6-13-30)32-15-11-14-31(25-32)43-27-42(3)37-18-9-10-19-38(37)43;;;/h3-28,31-32H,1-2H3;6-26,29-30H,1-5H3;4-24,27-28H,1-3H3;;;/q3*-1;;;/i;;3D3;;;. The van der Waals surface area contributed by atoms with Crippen molar-refractivity contribution in [1.29, 1.82) is 0 Å². The Bertz CT molecular complexity index is 8860. The molecule has 0 amide bonds. The van der Waals surface area contributed by atoms with Crippen LogP contribution in [0.15, 0.2) is 432 Å². The molecule has 16 aromatic carbocycles. The first-order chi connectivity index (χ1) is 71.2. The Balaban J connectivity index is 0.000000134. The van der Waals surface area contributed by atoms with Crippen molar-refractivity contribution in [2.45, 2.75) is 85.6 Å². The first-order valence-corrected chi connectivity index (χ1v) is 48.7. The zero-order chi connectivity index (χ0) is 99.6. The number of nitrogens with zero attached hydrogens (tertiary/aromatic N) is 15. The second-order valence-corrected chi connectivity index (χ2v) is 38.0. The molecule has 0 saturated carbocycles. The largest absolute Gasteiger partial charge is 0.358 e. The van der Waals surface area contributed by atoms with Gasteiger partial charge in [-0.05, 0) is 199 Å². The van der Waals surface area contributed by atoms with Crippen molar-refractivity contribution in [3.8, 4) is 40.2 Å². The molecule has 0 aliphatic rings. The molecule has 0 bridgehead atoms. The van der Waals surface area contributed by atoms with Gasteiger partial charge in [0.15, 0.2) is 52.1 Å². The maximum absolute atomic E-state index is 8.14. The van der Waals surface area contributed by atoms with Crippen LogP contribution >= 0.6 is 0 Å². The number of aromatic nitrogens is 12. The summed E-state index contributed by atoms with van der Waals surface area (Å²) in [5.41, 5.74) is 27.8. The number of imidazole rings is 3. The van der Waals surface area contributed by atoms with E-state index in [9.17, 15) is 0 Å². The summed E-state index contributed by atoms with van der Waals surface area (Å²) < 4.78 is 43.3. The van der Waals surface area contributed by atoms with E-state index in [0.717, 1.165) is 168 Å². The molecule has 15 nitrogen and oxygen atoms in total. The van der Waals surface area contributed by atoms with Gasteiger partial charge >= 0.3 is 0 Å². The van der Waals surface area contributed by atoms with Gasteiger partial charge in [0.1, 0.15) is 23.1 Å². The van der Waals surface area contributed by atoms with E-state index >= 15 is 0 Å². The molecule has 9 aromatic heterocycles. The predicted octanol–water partition coefficient (Wildman–Crippen LogP) is 32.5. The Morgan fingerprint density at radius 2 is 0.555 bits per heavy atom. The fourth-order valence-corrected chi connectivity index (χ4v) is 19.8. The van der Waals surface area contributed by atoms with Crippen LogP contribution in [0.3, 0.4) is 0 Å². The van der Waals surface area contributed by atoms with Crippen LogP contribution in [0.2, 0.25) is 0 Å². The molecule has 18 heteroatoms. The summed E-state index contributed by atoms with van der Waals surface area (Å²) in [6.07, 6.45) is 11.7. The van der Waals surface area contributed by atoms with Crippen LogP contribution in [0.4, 0.5) is 51.2 Å². The summed E-state index contributed by atoms with van der Waals surface area (Å²) in [6.45, 7) is 17.6. The van der Waals surface area contributed by atoms with E-state index in [4.69, 9.17) is 19.1 Å². The van der Waals surface area contributed by atoms with Crippen molar-refractivity contribution >= 4 is 150 Å². The Morgan fingerprint density at radius 3 is 0.904 bits per heavy atom. The van der Waals surface area contributed by atoms with Gasteiger partial charge in [-0.1, -0.05) is 250 Å². The van der Waals surface area contributed by atoms with E-state index in [2.05, 4.69) is 480 Å². The quantitative estimate of drug-likeness (QED) is 0.0749. The third-order valence-electron chi connectivity index (χ3n) is 26.9. The summed E-state index contributed by atoms with van der Waals surface area (Å²) >= 11 is 0. The molecule has 0 aliphatic carbocycles. The van der Waals surface area contributed by atoms with E-state index < -0.39 is 6.98 Å². The molecular formula is C128H104N15Pt3-3. The number of hydrogen-bond donors (Lipinski definition) is 0. The zero-order valence-electron chi connectivity index (χ0n) is 84.9. The van der Waals surface area contributed by atoms with Gasteiger partial charge in [-0.25, -0.2) is 37.8 Å². The van der Waals surface area contributed by atoms with Crippen LogP contribution in [0.5, 0.6) is 0 Å². The van der Waals surface area contributed by atoms with Crippen molar-refractivity contribution in [3.63, 3.8) is 0 Å². The Hall–Kier alpha value is -15.8. The summed E-state index contributed by atoms with van der Waals surface area (Å²) in [7, 11) is 0. The summed E-state index contributed by atoms with van der Waals surface area (Å²) in [4.78, 5) is 21.2. The van der Waals surface area contributed by atoms with E-state index in [0.29, 0.717) is 23.3 Å². The third kappa shape index (κ3) is 18.5. The van der Waals surface area contributed by atoms with Gasteiger partial charge in [0, 0.05) is 180 Å². The second kappa shape index (κ2) is 41.5. The molecule has 0 atom stereocenters. The van der Waals surface area contributed by atoms with Crippen LogP contribution in [-0.2, 0) is 75.7 Å². The van der Waals surface area contributed by atoms with Gasteiger partial charge in [0.25, 0.3) is 0 Å². The normalized spacial score (nSPS) is 11.9. The Morgan fingerprint density at radius 1 is 0.267 bits per heavy atom. The van der Waals surface area contributed by atoms with E-state index in [1.54, 1.807) is 6.33 Å². The molecular weight excluding hydrogens is 2330 g/mol. The average Bonchev–Trinajstić information content (AvgIpc) is 1.59. The second-order valence-electron chi connectivity index (χ2n) is 38.0. The molecule has 0 aliphatic heterocycles. The van der Waals surface area contributed by atoms with Crippen molar-refractivity contribution in [3.05, 3.63) is 485 Å².